The van der Waals surface area contributed by atoms with E-state index in [2.05, 4.69) is 15.1 Å². The molecule has 1 aromatic rings. The summed E-state index contributed by atoms with van der Waals surface area (Å²) < 4.78 is 18.8. The molecule has 0 aromatic heterocycles. The number of carbonyl (C=O) groups is 1. The van der Waals surface area contributed by atoms with Gasteiger partial charge in [0.1, 0.15) is 0 Å². The summed E-state index contributed by atoms with van der Waals surface area (Å²) in [4.78, 5) is 16.8. The number of rotatable bonds is 5. The lowest BCUT2D eigenvalue weighted by Crippen LogP contribution is -2.56. The van der Waals surface area contributed by atoms with Gasteiger partial charge in [0.15, 0.2) is 11.6 Å². The quantitative estimate of drug-likeness (QED) is 0.884. The highest BCUT2D eigenvalue weighted by atomic mass is 19.1. The first-order chi connectivity index (χ1) is 11.7. The second kappa shape index (κ2) is 8.15. The van der Waals surface area contributed by atoms with Crippen molar-refractivity contribution in [3.63, 3.8) is 0 Å². The minimum Gasteiger partial charge on any atom is -0.494 e. The number of nitrogens with one attached hydrogen (secondary N) is 1. The van der Waals surface area contributed by atoms with Crippen molar-refractivity contribution in [2.24, 2.45) is 0 Å². The lowest BCUT2D eigenvalue weighted by Gasteiger charge is -2.38. The highest BCUT2D eigenvalue weighted by molar-refractivity contribution is 5.81. The number of amides is 1. The summed E-state index contributed by atoms with van der Waals surface area (Å²) in [6.45, 7) is 12.0. The van der Waals surface area contributed by atoms with E-state index in [1.165, 1.54) is 13.2 Å². The number of halogens is 1. The van der Waals surface area contributed by atoms with Crippen molar-refractivity contribution in [1.82, 2.24) is 15.1 Å². The third-order valence-corrected chi connectivity index (χ3v) is 4.45. The standard InChI is InChI=1S/C19H30FN3O2/c1-14(18(24)21-19(2,3)4)23-10-8-22(9-11-23)13-15-6-7-17(25-5)16(20)12-15/h6-7,12,14H,8-11,13H2,1-5H3,(H,21,24). The molecular weight excluding hydrogens is 321 g/mol. The van der Waals surface area contributed by atoms with Gasteiger partial charge < -0.3 is 10.1 Å². The summed E-state index contributed by atoms with van der Waals surface area (Å²) in [6.07, 6.45) is 0. The van der Waals surface area contributed by atoms with Gasteiger partial charge >= 0.3 is 0 Å². The zero-order valence-electron chi connectivity index (χ0n) is 15.9. The Labute approximate surface area is 150 Å². The normalized spacial score (nSPS) is 18.0. The lowest BCUT2D eigenvalue weighted by molar-refractivity contribution is -0.128. The van der Waals surface area contributed by atoms with E-state index in [1.54, 1.807) is 6.07 Å². The van der Waals surface area contributed by atoms with Crippen LogP contribution in [0.4, 0.5) is 4.39 Å². The zero-order valence-corrected chi connectivity index (χ0v) is 15.9. The first-order valence-electron chi connectivity index (χ1n) is 8.80. The number of nitrogens with zero attached hydrogens (tertiary/aromatic N) is 2. The summed E-state index contributed by atoms with van der Waals surface area (Å²) in [5.41, 5.74) is 0.719. The molecule has 1 N–H and O–H groups in total. The summed E-state index contributed by atoms with van der Waals surface area (Å²) >= 11 is 0. The Balaban J connectivity index is 1.85. The molecule has 25 heavy (non-hydrogen) atoms. The van der Waals surface area contributed by atoms with E-state index in [0.717, 1.165) is 31.7 Å². The molecule has 1 amide bonds. The molecule has 1 saturated heterocycles. The number of hydrogen-bond donors (Lipinski definition) is 1. The van der Waals surface area contributed by atoms with Gasteiger partial charge in [-0.15, -0.1) is 0 Å². The Morgan fingerprint density at radius 1 is 1.28 bits per heavy atom. The largest absolute Gasteiger partial charge is 0.494 e. The molecule has 0 saturated carbocycles. The molecule has 1 aromatic carbocycles. The summed E-state index contributed by atoms with van der Waals surface area (Å²) in [5.74, 6) is 0.0107. The topological polar surface area (TPSA) is 44.8 Å². The van der Waals surface area contributed by atoms with Crippen LogP contribution in [-0.4, -0.2) is 60.6 Å². The number of benzene rings is 1. The molecule has 1 fully saturated rings. The van der Waals surface area contributed by atoms with Gasteiger partial charge in [-0.05, 0) is 45.4 Å². The predicted octanol–water partition coefficient (Wildman–Crippen LogP) is 2.26. The van der Waals surface area contributed by atoms with E-state index in [4.69, 9.17) is 4.74 Å². The maximum atomic E-state index is 13.8. The van der Waals surface area contributed by atoms with Crippen molar-refractivity contribution < 1.29 is 13.9 Å². The van der Waals surface area contributed by atoms with Crippen molar-refractivity contribution in [2.45, 2.75) is 45.8 Å². The van der Waals surface area contributed by atoms with Gasteiger partial charge in [-0.3, -0.25) is 14.6 Å². The highest BCUT2D eigenvalue weighted by Gasteiger charge is 2.27. The first-order valence-corrected chi connectivity index (χ1v) is 8.80. The van der Waals surface area contributed by atoms with Crippen LogP contribution in [0.5, 0.6) is 5.75 Å². The lowest BCUT2D eigenvalue weighted by atomic mass is 10.1. The number of ether oxygens (including phenoxy) is 1. The molecule has 1 aliphatic heterocycles. The van der Waals surface area contributed by atoms with Gasteiger partial charge in [0.25, 0.3) is 0 Å². The average Bonchev–Trinajstić information content (AvgIpc) is 2.53. The SMILES string of the molecule is COc1ccc(CN2CCN(C(C)C(=O)NC(C)(C)C)CC2)cc1F. The van der Waals surface area contributed by atoms with E-state index in [1.807, 2.05) is 33.8 Å². The van der Waals surface area contributed by atoms with Crippen molar-refractivity contribution in [1.29, 1.82) is 0 Å². The van der Waals surface area contributed by atoms with Crippen LogP contribution in [0.15, 0.2) is 18.2 Å². The monoisotopic (exact) mass is 351 g/mol. The summed E-state index contributed by atoms with van der Waals surface area (Å²) in [6, 6.07) is 4.96. The van der Waals surface area contributed by atoms with Crippen LogP contribution in [0.1, 0.15) is 33.3 Å². The van der Waals surface area contributed by atoms with Crippen LogP contribution >= 0.6 is 0 Å². The van der Waals surface area contributed by atoms with E-state index in [9.17, 15) is 9.18 Å². The molecule has 1 atom stereocenters. The minimum atomic E-state index is -0.328. The van der Waals surface area contributed by atoms with E-state index in [-0.39, 0.29) is 29.1 Å². The Bertz CT molecular complexity index is 593. The number of carbonyl (C=O) groups excluding carboxylic acids is 1. The third kappa shape index (κ3) is 5.68. The number of piperazine rings is 1. The Morgan fingerprint density at radius 3 is 2.44 bits per heavy atom. The molecule has 1 unspecified atom stereocenters. The van der Waals surface area contributed by atoms with Gasteiger partial charge in [-0.25, -0.2) is 4.39 Å². The zero-order chi connectivity index (χ0) is 18.6. The molecule has 0 bridgehead atoms. The molecule has 2 rings (SSSR count). The summed E-state index contributed by atoms with van der Waals surface area (Å²) in [5, 5.41) is 3.04. The second-order valence-electron chi connectivity index (χ2n) is 7.70. The maximum Gasteiger partial charge on any atom is 0.237 e. The Hall–Kier alpha value is -1.66. The fourth-order valence-corrected chi connectivity index (χ4v) is 3.02. The van der Waals surface area contributed by atoms with E-state index >= 15 is 0 Å². The molecular formula is C19H30FN3O2. The van der Waals surface area contributed by atoms with E-state index < -0.39 is 0 Å². The Morgan fingerprint density at radius 2 is 1.92 bits per heavy atom. The Kier molecular flexibility index (Phi) is 6.41. The molecule has 0 radical (unpaired) electrons. The molecule has 5 nitrogen and oxygen atoms in total. The van der Waals surface area contributed by atoms with Crippen LogP contribution in [-0.2, 0) is 11.3 Å². The fraction of sp³-hybridized carbons (Fsp3) is 0.632. The second-order valence-corrected chi connectivity index (χ2v) is 7.70. The molecule has 0 aliphatic carbocycles. The van der Waals surface area contributed by atoms with Gasteiger partial charge in [-0.2, -0.15) is 0 Å². The van der Waals surface area contributed by atoms with Crippen molar-refractivity contribution in [3.8, 4) is 5.75 Å². The molecule has 1 heterocycles. The van der Waals surface area contributed by atoms with Crippen LogP contribution in [0, 0.1) is 5.82 Å². The molecule has 6 heteroatoms. The van der Waals surface area contributed by atoms with E-state index in [0.29, 0.717) is 6.54 Å². The number of hydrogen-bond acceptors (Lipinski definition) is 4. The minimum absolute atomic E-state index is 0.0678. The predicted molar refractivity (Wildman–Crippen MR) is 97.2 cm³/mol. The first kappa shape index (κ1) is 19.7. The number of methoxy groups -OCH3 is 1. The molecule has 140 valence electrons. The van der Waals surface area contributed by atoms with Crippen LogP contribution in [0.25, 0.3) is 0 Å². The fourth-order valence-electron chi connectivity index (χ4n) is 3.02. The third-order valence-electron chi connectivity index (χ3n) is 4.45. The van der Waals surface area contributed by atoms with Crippen molar-refractivity contribution in [2.75, 3.05) is 33.3 Å². The van der Waals surface area contributed by atoms with Crippen LogP contribution < -0.4 is 10.1 Å². The smallest absolute Gasteiger partial charge is 0.237 e. The van der Waals surface area contributed by atoms with Crippen LogP contribution in [0.2, 0.25) is 0 Å². The van der Waals surface area contributed by atoms with Crippen LogP contribution in [0.3, 0.4) is 0 Å². The van der Waals surface area contributed by atoms with Gasteiger partial charge in [0.2, 0.25) is 5.91 Å². The molecule has 1 aliphatic rings. The average molecular weight is 351 g/mol. The maximum absolute atomic E-state index is 13.8. The van der Waals surface area contributed by atoms with Gasteiger partial charge in [-0.1, -0.05) is 6.07 Å². The van der Waals surface area contributed by atoms with Gasteiger partial charge in [0, 0.05) is 38.3 Å². The van der Waals surface area contributed by atoms with Crippen molar-refractivity contribution in [3.05, 3.63) is 29.6 Å². The van der Waals surface area contributed by atoms with Crippen molar-refractivity contribution >= 4 is 5.91 Å². The highest BCUT2D eigenvalue weighted by Crippen LogP contribution is 2.19. The summed E-state index contributed by atoms with van der Waals surface area (Å²) in [7, 11) is 1.47. The van der Waals surface area contributed by atoms with Gasteiger partial charge in [0.05, 0.1) is 13.2 Å². The molecule has 0 spiro atoms.